The van der Waals surface area contributed by atoms with Crippen molar-refractivity contribution >= 4 is 5.96 Å². The van der Waals surface area contributed by atoms with Crippen molar-refractivity contribution in [2.24, 2.45) is 4.99 Å². The van der Waals surface area contributed by atoms with Gasteiger partial charge < -0.3 is 24.3 Å². The number of piperidine rings is 1. The number of methoxy groups -OCH3 is 1. The number of nitrogens with zero attached hydrogens (tertiary/aromatic N) is 4. The van der Waals surface area contributed by atoms with Crippen LogP contribution in [0.4, 0.5) is 0 Å². The summed E-state index contributed by atoms with van der Waals surface area (Å²) in [5.74, 6) is 1.93. The largest absolute Gasteiger partial charge is 0.385 e. The van der Waals surface area contributed by atoms with Crippen molar-refractivity contribution in [1.29, 1.82) is 0 Å². The molecule has 29 heavy (non-hydrogen) atoms. The van der Waals surface area contributed by atoms with E-state index in [1.54, 1.807) is 7.11 Å². The molecule has 158 valence electrons. The fraction of sp³-hybridized carbons (Fsp3) is 0.545. The molecule has 7 heteroatoms. The number of hydrogen-bond donors (Lipinski definition) is 1. The summed E-state index contributed by atoms with van der Waals surface area (Å²) in [6.07, 6.45) is 7.22. The lowest BCUT2D eigenvalue weighted by molar-refractivity contribution is 0.00989. The molecule has 0 atom stereocenters. The zero-order valence-electron chi connectivity index (χ0n) is 17.6. The SMILES string of the molecule is CN=C(NCc1nccn1Cc1ccccc1)N1CCC(OCCCOC)CC1. The molecule has 1 aromatic carbocycles. The number of rotatable bonds is 9. The zero-order valence-corrected chi connectivity index (χ0v) is 17.6. The third-order valence-electron chi connectivity index (χ3n) is 5.20. The van der Waals surface area contributed by atoms with Crippen molar-refractivity contribution in [3.05, 3.63) is 54.1 Å². The van der Waals surface area contributed by atoms with Crippen LogP contribution in [0.3, 0.4) is 0 Å². The van der Waals surface area contributed by atoms with Gasteiger partial charge in [-0.3, -0.25) is 4.99 Å². The lowest BCUT2D eigenvalue weighted by Gasteiger charge is -2.34. The van der Waals surface area contributed by atoms with Crippen LogP contribution in [-0.2, 0) is 22.6 Å². The fourth-order valence-electron chi connectivity index (χ4n) is 3.61. The molecule has 0 aliphatic carbocycles. The van der Waals surface area contributed by atoms with Gasteiger partial charge in [0, 0.05) is 59.4 Å². The Hall–Kier alpha value is -2.38. The van der Waals surface area contributed by atoms with Crippen LogP contribution in [0.2, 0.25) is 0 Å². The number of imidazole rings is 1. The van der Waals surface area contributed by atoms with Gasteiger partial charge in [0.2, 0.25) is 0 Å². The van der Waals surface area contributed by atoms with E-state index in [4.69, 9.17) is 9.47 Å². The Morgan fingerprint density at radius 3 is 2.72 bits per heavy atom. The first-order valence-corrected chi connectivity index (χ1v) is 10.4. The molecule has 0 bridgehead atoms. The van der Waals surface area contributed by atoms with Crippen molar-refractivity contribution in [3.63, 3.8) is 0 Å². The molecule has 0 saturated carbocycles. The molecule has 2 heterocycles. The Kier molecular flexibility index (Phi) is 8.52. The van der Waals surface area contributed by atoms with Gasteiger partial charge in [0.1, 0.15) is 5.82 Å². The highest BCUT2D eigenvalue weighted by Gasteiger charge is 2.22. The van der Waals surface area contributed by atoms with E-state index in [-0.39, 0.29) is 0 Å². The quantitative estimate of drug-likeness (QED) is 0.399. The highest BCUT2D eigenvalue weighted by molar-refractivity contribution is 5.79. The van der Waals surface area contributed by atoms with E-state index in [1.807, 2.05) is 25.5 Å². The monoisotopic (exact) mass is 399 g/mol. The van der Waals surface area contributed by atoms with Crippen molar-refractivity contribution in [2.75, 3.05) is 40.5 Å². The van der Waals surface area contributed by atoms with Gasteiger partial charge in [-0.25, -0.2) is 4.98 Å². The number of hydrogen-bond acceptors (Lipinski definition) is 4. The highest BCUT2D eigenvalue weighted by Crippen LogP contribution is 2.14. The molecule has 1 fully saturated rings. The van der Waals surface area contributed by atoms with Crippen LogP contribution in [0.1, 0.15) is 30.7 Å². The smallest absolute Gasteiger partial charge is 0.194 e. The molecule has 1 N–H and O–H groups in total. The molecule has 0 amide bonds. The molecular formula is C22H33N5O2. The van der Waals surface area contributed by atoms with Crippen LogP contribution < -0.4 is 5.32 Å². The molecule has 1 aliphatic rings. The Labute approximate surface area is 173 Å². The van der Waals surface area contributed by atoms with Gasteiger partial charge in [-0.05, 0) is 24.8 Å². The van der Waals surface area contributed by atoms with Crippen LogP contribution in [0.15, 0.2) is 47.7 Å². The van der Waals surface area contributed by atoms with E-state index in [0.29, 0.717) is 12.6 Å². The molecule has 2 aromatic rings. The van der Waals surface area contributed by atoms with Gasteiger partial charge in [-0.15, -0.1) is 0 Å². The Bertz CT molecular complexity index is 739. The van der Waals surface area contributed by atoms with Gasteiger partial charge in [0.05, 0.1) is 12.6 Å². The maximum Gasteiger partial charge on any atom is 0.194 e. The van der Waals surface area contributed by atoms with Gasteiger partial charge in [0.15, 0.2) is 5.96 Å². The third-order valence-corrected chi connectivity index (χ3v) is 5.20. The number of aromatic nitrogens is 2. The topological polar surface area (TPSA) is 63.9 Å². The van der Waals surface area contributed by atoms with E-state index < -0.39 is 0 Å². The minimum absolute atomic E-state index is 0.339. The van der Waals surface area contributed by atoms with Crippen molar-refractivity contribution < 1.29 is 9.47 Å². The first kappa shape index (κ1) is 21.3. The normalized spacial score (nSPS) is 15.7. The minimum Gasteiger partial charge on any atom is -0.385 e. The summed E-state index contributed by atoms with van der Waals surface area (Å²) in [7, 11) is 3.57. The fourth-order valence-corrected chi connectivity index (χ4v) is 3.61. The first-order chi connectivity index (χ1) is 14.3. The van der Waals surface area contributed by atoms with Crippen molar-refractivity contribution in [1.82, 2.24) is 19.8 Å². The van der Waals surface area contributed by atoms with Gasteiger partial charge in [-0.1, -0.05) is 30.3 Å². The van der Waals surface area contributed by atoms with Crippen LogP contribution in [0.5, 0.6) is 0 Å². The van der Waals surface area contributed by atoms with Gasteiger partial charge in [0.25, 0.3) is 0 Å². The number of nitrogens with one attached hydrogen (secondary N) is 1. The molecule has 7 nitrogen and oxygen atoms in total. The summed E-state index contributed by atoms with van der Waals surface area (Å²) < 4.78 is 13.2. The van der Waals surface area contributed by atoms with E-state index in [0.717, 1.165) is 63.9 Å². The lowest BCUT2D eigenvalue weighted by atomic mass is 10.1. The summed E-state index contributed by atoms with van der Waals surface area (Å²) in [6.45, 7) is 4.91. The third kappa shape index (κ3) is 6.58. The molecule has 1 aromatic heterocycles. The number of guanidine groups is 1. The molecule has 3 rings (SSSR count). The summed E-state index contributed by atoms with van der Waals surface area (Å²) in [5, 5.41) is 3.48. The Morgan fingerprint density at radius 2 is 2.00 bits per heavy atom. The lowest BCUT2D eigenvalue weighted by Crippen LogP contribution is -2.47. The predicted molar refractivity (Wildman–Crippen MR) is 115 cm³/mol. The predicted octanol–water partition coefficient (Wildman–Crippen LogP) is 2.52. The maximum absolute atomic E-state index is 5.96. The second-order valence-electron chi connectivity index (χ2n) is 7.26. The van der Waals surface area contributed by atoms with E-state index in [1.165, 1.54) is 5.56 Å². The van der Waals surface area contributed by atoms with Gasteiger partial charge >= 0.3 is 0 Å². The highest BCUT2D eigenvalue weighted by atomic mass is 16.5. The molecule has 1 saturated heterocycles. The summed E-state index contributed by atoms with van der Waals surface area (Å²) in [4.78, 5) is 11.3. The molecule has 0 unspecified atom stereocenters. The van der Waals surface area contributed by atoms with Crippen LogP contribution in [-0.4, -0.2) is 67.0 Å². The summed E-state index contributed by atoms with van der Waals surface area (Å²) >= 11 is 0. The van der Waals surface area contributed by atoms with Crippen LogP contribution in [0, 0.1) is 0 Å². The summed E-state index contributed by atoms with van der Waals surface area (Å²) in [6, 6.07) is 10.4. The number of ether oxygens (including phenoxy) is 2. The van der Waals surface area contributed by atoms with Crippen LogP contribution >= 0.6 is 0 Å². The van der Waals surface area contributed by atoms with Gasteiger partial charge in [-0.2, -0.15) is 0 Å². The second-order valence-corrected chi connectivity index (χ2v) is 7.26. The van der Waals surface area contributed by atoms with Crippen molar-refractivity contribution in [2.45, 2.75) is 38.5 Å². The standard InChI is InChI=1S/C22H33N5O2/c1-23-22(26-12-9-20(10-13-26)29-16-6-15-28-2)25-17-21-24-11-14-27(21)18-19-7-4-3-5-8-19/h3-5,7-8,11,14,20H,6,9-10,12-13,15-18H2,1-2H3,(H,23,25). The zero-order chi connectivity index (χ0) is 20.3. The van der Waals surface area contributed by atoms with E-state index in [9.17, 15) is 0 Å². The van der Waals surface area contributed by atoms with Crippen LogP contribution in [0.25, 0.3) is 0 Å². The van der Waals surface area contributed by atoms with E-state index in [2.05, 4.69) is 49.0 Å². The first-order valence-electron chi connectivity index (χ1n) is 10.4. The maximum atomic E-state index is 5.96. The number of likely N-dealkylation sites (tertiary alicyclic amines) is 1. The Morgan fingerprint density at radius 1 is 1.21 bits per heavy atom. The number of aliphatic imine (C=N–C) groups is 1. The molecule has 1 aliphatic heterocycles. The molecule has 0 radical (unpaired) electrons. The average Bonchev–Trinajstić information content (AvgIpc) is 3.20. The Balaban J connectivity index is 1.45. The molecular weight excluding hydrogens is 366 g/mol. The molecule has 0 spiro atoms. The second kappa shape index (κ2) is 11.6. The minimum atomic E-state index is 0.339. The summed E-state index contributed by atoms with van der Waals surface area (Å²) in [5.41, 5.74) is 1.27. The number of benzene rings is 1. The average molecular weight is 400 g/mol. The van der Waals surface area contributed by atoms with Crippen molar-refractivity contribution in [3.8, 4) is 0 Å². The van der Waals surface area contributed by atoms with E-state index >= 15 is 0 Å².